The average Bonchev–Trinajstić information content (AvgIpc) is 2.89. The molecule has 0 unspecified atom stereocenters. The van der Waals surface area contributed by atoms with Crippen molar-refractivity contribution in [2.24, 2.45) is 5.10 Å². The lowest BCUT2D eigenvalue weighted by Crippen LogP contribution is -2.34. The van der Waals surface area contributed by atoms with Crippen LogP contribution in [0.15, 0.2) is 71.8 Å². The minimum atomic E-state index is -0.537. The summed E-state index contributed by atoms with van der Waals surface area (Å²) in [7, 11) is 0. The molecule has 3 aromatic rings. The summed E-state index contributed by atoms with van der Waals surface area (Å²) in [6.07, 6.45) is 1.42. The van der Waals surface area contributed by atoms with Crippen LogP contribution in [0, 0.1) is 6.92 Å². The first-order valence-electron chi connectivity index (χ1n) is 11.8. The predicted octanol–water partition coefficient (Wildman–Crippen LogP) is 3.89. The van der Waals surface area contributed by atoms with Gasteiger partial charge < -0.3 is 19.5 Å². The molecule has 3 rings (SSSR count). The molecule has 37 heavy (non-hydrogen) atoms. The van der Waals surface area contributed by atoms with Crippen LogP contribution in [-0.4, -0.2) is 43.8 Å². The van der Waals surface area contributed by atoms with Gasteiger partial charge in [-0.1, -0.05) is 17.7 Å². The van der Waals surface area contributed by atoms with Crippen LogP contribution in [0.2, 0.25) is 0 Å². The highest BCUT2D eigenvalue weighted by Crippen LogP contribution is 2.29. The molecule has 0 saturated heterocycles. The van der Waals surface area contributed by atoms with E-state index in [1.54, 1.807) is 60.7 Å². The third-order valence-corrected chi connectivity index (χ3v) is 4.96. The van der Waals surface area contributed by atoms with E-state index in [9.17, 15) is 14.4 Å². The summed E-state index contributed by atoms with van der Waals surface area (Å²) < 4.78 is 16.5. The molecule has 0 heterocycles. The molecule has 0 aliphatic carbocycles. The Bertz CT molecular complexity index is 1270. The fraction of sp³-hybridized carbons (Fsp3) is 0.214. The van der Waals surface area contributed by atoms with Gasteiger partial charge in [0.15, 0.2) is 11.5 Å². The second-order valence-electron chi connectivity index (χ2n) is 7.83. The Kier molecular flexibility index (Phi) is 9.78. The first-order chi connectivity index (χ1) is 17.9. The molecular formula is C28H29N3O6. The monoisotopic (exact) mass is 503 g/mol. The SMILES string of the molecule is CCOc1ccc(C(=O)Oc2ccc(/C=N/NC(=O)CNC(=O)c3cccc(C)c3)cc2OCC)cc1. The first-order valence-corrected chi connectivity index (χ1v) is 11.8. The fourth-order valence-corrected chi connectivity index (χ4v) is 3.24. The number of ether oxygens (including phenoxy) is 3. The van der Waals surface area contributed by atoms with Crippen molar-refractivity contribution in [1.29, 1.82) is 0 Å². The number of nitrogens with zero attached hydrogens (tertiary/aromatic N) is 1. The lowest BCUT2D eigenvalue weighted by Gasteiger charge is -2.11. The van der Waals surface area contributed by atoms with Crippen LogP contribution in [0.1, 0.15) is 45.7 Å². The van der Waals surface area contributed by atoms with Crippen molar-refractivity contribution in [3.8, 4) is 17.2 Å². The largest absolute Gasteiger partial charge is 0.494 e. The van der Waals surface area contributed by atoms with Crippen molar-refractivity contribution in [1.82, 2.24) is 10.7 Å². The van der Waals surface area contributed by atoms with E-state index in [2.05, 4.69) is 15.8 Å². The van der Waals surface area contributed by atoms with E-state index in [0.29, 0.717) is 41.4 Å². The molecule has 0 fully saturated rings. The van der Waals surface area contributed by atoms with E-state index in [4.69, 9.17) is 14.2 Å². The number of nitrogens with one attached hydrogen (secondary N) is 2. The number of benzene rings is 3. The third kappa shape index (κ3) is 8.21. The van der Waals surface area contributed by atoms with Crippen LogP contribution >= 0.6 is 0 Å². The number of amides is 2. The molecule has 3 aromatic carbocycles. The van der Waals surface area contributed by atoms with Crippen molar-refractivity contribution in [3.63, 3.8) is 0 Å². The van der Waals surface area contributed by atoms with Gasteiger partial charge in [0.05, 0.1) is 31.5 Å². The summed E-state index contributed by atoms with van der Waals surface area (Å²) >= 11 is 0. The molecule has 9 nitrogen and oxygen atoms in total. The standard InChI is InChI=1S/C28H29N3O6/c1-4-35-23-12-10-21(11-13-23)28(34)37-24-14-9-20(16-25(24)36-5-2)17-30-31-26(32)18-29-27(33)22-8-6-7-19(3)15-22/h6-17H,4-5,18H2,1-3H3,(H,29,33)(H,31,32)/b30-17+. The summed E-state index contributed by atoms with van der Waals surface area (Å²) in [4.78, 5) is 36.8. The number of hydrogen-bond acceptors (Lipinski definition) is 7. The van der Waals surface area contributed by atoms with Crippen molar-refractivity contribution >= 4 is 24.0 Å². The maximum Gasteiger partial charge on any atom is 0.343 e. The summed E-state index contributed by atoms with van der Waals surface area (Å²) in [5.41, 5.74) is 4.76. The zero-order valence-electron chi connectivity index (χ0n) is 20.9. The van der Waals surface area contributed by atoms with Gasteiger partial charge in [0.25, 0.3) is 11.8 Å². The van der Waals surface area contributed by atoms with Crippen LogP contribution in [0.5, 0.6) is 17.2 Å². The van der Waals surface area contributed by atoms with Crippen molar-refractivity contribution in [3.05, 3.63) is 89.0 Å². The van der Waals surface area contributed by atoms with Gasteiger partial charge >= 0.3 is 5.97 Å². The maximum atomic E-state index is 12.6. The first kappa shape index (κ1) is 26.9. The number of carbonyl (C=O) groups excluding carboxylic acids is 3. The van der Waals surface area contributed by atoms with Gasteiger partial charge in [-0.05, 0) is 80.9 Å². The van der Waals surface area contributed by atoms with Gasteiger partial charge in [0, 0.05) is 5.56 Å². The van der Waals surface area contributed by atoms with Gasteiger partial charge in [-0.15, -0.1) is 0 Å². The zero-order chi connectivity index (χ0) is 26.6. The van der Waals surface area contributed by atoms with Gasteiger partial charge in [-0.2, -0.15) is 5.10 Å². The van der Waals surface area contributed by atoms with Crippen LogP contribution in [-0.2, 0) is 4.79 Å². The van der Waals surface area contributed by atoms with Crippen LogP contribution < -0.4 is 25.0 Å². The molecular weight excluding hydrogens is 474 g/mol. The van der Waals surface area contributed by atoms with E-state index in [0.717, 1.165) is 5.56 Å². The van der Waals surface area contributed by atoms with E-state index >= 15 is 0 Å². The van der Waals surface area contributed by atoms with E-state index in [-0.39, 0.29) is 18.2 Å². The van der Waals surface area contributed by atoms with Crippen LogP contribution in [0.25, 0.3) is 0 Å². The molecule has 0 radical (unpaired) electrons. The Morgan fingerprint density at radius 2 is 1.62 bits per heavy atom. The van der Waals surface area contributed by atoms with E-state index in [1.807, 2.05) is 26.8 Å². The average molecular weight is 504 g/mol. The Balaban J connectivity index is 1.56. The van der Waals surface area contributed by atoms with Gasteiger partial charge in [0.1, 0.15) is 5.75 Å². The summed E-state index contributed by atoms with van der Waals surface area (Å²) in [6, 6.07) is 18.6. The Labute approximate surface area is 215 Å². The molecule has 2 amide bonds. The van der Waals surface area contributed by atoms with E-state index < -0.39 is 11.9 Å². The maximum absolute atomic E-state index is 12.6. The highest BCUT2D eigenvalue weighted by atomic mass is 16.6. The second-order valence-corrected chi connectivity index (χ2v) is 7.83. The number of hydrogen-bond donors (Lipinski definition) is 2. The molecule has 0 atom stereocenters. The lowest BCUT2D eigenvalue weighted by molar-refractivity contribution is -0.120. The highest BCUT2D eigenvalue weighted by Gasteiger charge is 2.14. The zero-order valence-corrected chi connectivity index (χ0v) is 20.9. The Morgan fingerprint density at radius 3 is 2.32 bits per heavy atom. The molecule has 0 aromatic heterocycles. The van der Waals surface area contributed by atoms with Crippen molar-refractivity contribution in [2.75, 3.05) is 19.8 Å². The van der Waals surface area contributed by atoms with Crippen molar-refractivity contribution in [2.45, 2.75) is 20.8 Å². The molecule has 0 aliphatic heterocycles. The Hall–Kier alpha value is -4.66. The summed E-state index contributed by atoms with van der Waals surface area (Å²) in [5.74, 6) is -0.102. The van der Waals surface area contributed by atoms with E-state index in [1.165, 1.54) is 6.21 Å². The molecule has 0 aliphatic rings. The number of hydrazone groups is 1. The smallest absolute Gasteiger partial charge is 0.343 e. The molecule has 0 saturated carbocycles. The molecule has 0 spiro atoms. The molecule has 2 N–H and O–H groups in total. The predicted molar refractivity (Wildman–Crippen MR) is 139 cm³/mol. The molecule has 192 valence electrons. The van der Waals surface area contributed by atoms with Crippen LogP contribution in [0.3, 0.4) is 0 Å². The van der Waals surface area contributed by atoms with Gasteiger partial charge in [-0.25, -0.2) is 10.2 Å². The third-order valence-electron chi connectivity index (χ3n) is 4.96. The second kappa shape index (κ2) is 13.4. The number of esters is 1. The fourth-order valence-electron chi connectivity index (χ4n) is 3.24. The molecule has 0 bridgehead atoms. The van der Waals surface area contributed by atoms with Crippen LogP contribution in [0.4, 0.5) is 0 Å². The number of rotatable bonds is 11. The summed E-state index contributed by atoms with van der Waals surface area (Å²) in [5, 5.41) is 6.47. The Morgan fingerprint density at radius 1 is 0.865 bits per heavy atom. The minimum absolute atomic E-state index is 0.227. The summed E-state index contributed by atoms with van der Waals surface area (Å²) in [6.45, 7) is 6.23. The minimum Gasteiger partial charge on any atom is -0.494 e. The quantitative estimate of drug-likeness (QED) is 0.178. The van der Waals surface area contributed by atoms with Gasteiger partial charge in [-0.3, -0.25) is 9.59 Å². The highest BCUT2D eigenvalue weighted by molar-refractivity contribution is 5.96. The van der Waals surface area contributed by atoms with Crippen molar-refractivity contribution < 1.29 is 28.6 Å². The topological polar surface area (TPSA) is 115 Å². The normalized spacial score (nSPS) is 10.6. The lowest BCUT2D eigenvalue weighted by atomic mass is 10.1. The number of aryl methyl sites for hydroxylation is 1. The number of carbonyl (C=O) groups is 3. The molecule has 9 heteroatoms. The van der Waals surface area contributed by atoms with Gasteiger partial charge in [0.2, 0.25) is 0 Å².